The van der Waals surface area contributed by atoms with E-state index in [1.54, 1.807) is 21.0 Å². The number of rotatable bonds is 14. The molecule has 7 heteroatoms. The smallest absolute Gasteiger partial charge is 0.309 e. The standard InChI is InChI=1S/C26H52N2O5/c1-15-25(10,24(8,9)27(12)13)28(23(6,7)17-21(2,3)16-19(29)30)26(11,33-14)18-22(4,5)20(31)32/h15-18H2,1-14H3,(H,29,30)(H,31,32). The van der Waals surface area contributed by atoms with Gasteiger partial charge in [-0.2, -0.15) is 0 Å². The minimum Gasteiger partial charge on any atom is -0.481 e. The molecule has 0 aliphatic heterocycles. The van der Waals surface area contributed by atoms with E-state index in [9.17, 15) is 19.8 Å². The van der Waals surface area contributed by atoms with E-state index < -0.39 is 39.6 Å². The molecule has 0 aromatic rings. The first-order chi connectivity index (χ1) is 14.5. The van der Waals surface area contributed by atoms with Crippen molar-refractivity contribution in [2.75, 3.05) is 21.2 Å². The van der Waals surface area contributed by atoms with Crippen LogP contribution in [0.2, 0.25) is 0 Å². The molecular weight excluding hydrogens is 420 g/mol. The highest BCUT2D eigenvalue weighted by molar-refractivity contribution is 5.73. The summed E-state index contributed by atoms with van der Waals surface area (Å²) in [5.41, 5.74) is -3.70. The van der Waals surface area contributed by atoms with Crippen LogP contribution in [-0.4, -0.2) is 75.5 Å². The lowest BCUT2D eigenvalue weighted by molar-refractivity contribution is -0.246. The highest BCUT2D eigenvalue weighted by atomic mass is 16.5. The monoisotopic (exact) mass is 472 g/mol. The Bertz CT molecular complexity index is 699. The molecule has 0 saturated heterocycles. The summed E-state index contributed by atoms with van der Waals surface area (Å²) in [6, 6.07) is 0. The number of hydrogen-bond acceptors (Lipinski definition) is 5. The maximum atomic E-state index is 12.1. The SMILES string of the molecule is CCC(C)(N(C(C)(C)CC(C)(C)CC(=O)O)C(C)(CC(C)(C)C(=O)O)OC)C(C)(C)N(C)C. The highest BCUT2D eigenvalue weighted by Crippen LogP contribution is 2.50. The van der Waals surface area contributed by atoms with Gasteiger partial charge in [-0.3, -0.25) is 14.5 Å². The molecule has 196 valence electrons. The zero-order valence-electron chi connectivity index (χ0n) is 23.8. The second-order valence-electron chi connectivity index (χ2n) is 12.9. The quantitative estimate of drug-likeness (QED) is 0.330. The van der Waals surface area contributed by atoms with Gasteiger partial charge in [0.2, 0.25) is 0 Å². The van der Waals surface area contributed by atoms with Gasteiger partial charge in [-0.1, -0.05) is 20.8 Å². The minimum atomic E-state index is -1.02. The summed E-state index contributed by atoms with van der Waals surface area (Å²) in [6.45, 7) is 22.4. The van der Waals surface area contributed by atoms with Crippen LogP contribution in [0.3, 0.4) is 0 Å². The third-order valence-corrected chi connectivity index (χ3v) is 8.03. The average Bonchev–Trinajstić information content (AvgIpc) is 2.57. The van der Waals surface area contributed by atoms with E-state index in [0.717, 1.165) is 6.42 Å². The van der Waals surface area contributed by atoms with Crippen molar-refractivity contribution in [3.63, 3.8) is 0 Å². The molecule has 0 fully saturated rings. The molecule has 0 saturated carbocycles. The van der Waals surface area contributed by atoms with Crippen LogP contribution in [0.15, 0.2) is 0 Å². The molecule has 0 aliphatic carbocycles. The molecule has 0 aromatic carbocycles. The summed E-state index contributed by atoms with van der Waals surface area (Å²) in [5, 5.41) is 19.4. The molecule has 33 heavy (non-hydrogen) atoms. The van der Waals surface area contributed by atoms with Crippen LogP contribution in [0.1, 0.15) is 102 Å². The molecule has 7 nitrogen and oxygen atoms in total. The van der Waals surface area contributed by atoms with Crippen LogP contribution in [-0.2, 0) is 14.3 Å². The number of carbonyl (C=O) groups is 2. The van der Waals surface area contributed by atoms with Gasteiger partial charge < -0.3 is 19.8 Å². The zero-order valence-corrected chi connectivity index (χ0v) is 23.8. The number of carboxylic acids is 2. The van der Waals surface area contributed by atoms with Crippen molar-refractivity contribution in [2.45, 2.75) is 124 Å². The van der Waals surface area contributed by atoms with Gasteiger partial charge in [0.05, 0.1) is 11.8 Å². The number of likely N-dealkylation sites (N-methyl/N-ethyl adjacent to an activating group) is 1. The highest BCUT2D eigenvalue weighted by Gasteiger charge is 2.58. The molecular formula is C26H52N2O5. The Morgan fingerprint density at radius 3 is 1.61 bits per heavy atom. The van der Waals surface area contributed by atoms with E-state index in [4.69, 9.17) is 4.74 Å². The molecule has 0 aromatic heterocycles. The first kappa shape index (κ1) is 31.8. The third-order valence-electron chi connectivity index (χ3n) is 8.03. The van der Waals surface area contributed by atoms with E-state index in [2.05, 4.69) is 65.4 Å². The Labute approximate surface area is 202 Å². The fourth-order valence-corrected chi connectivity index (χ4v) is 6.04. The number of methoxy groups -OCH3 is 1. The van der Waals surface area contributed by atoms with Gasteiger partial charge in [0.15, 0.2) is 0 Å². The summed E-state index contributed by atoms with van der Waals surface area (Å²) in [4.78, 5) is 28.2. The molecule has 0 rings (SSSR count). The van der Waals surface area contributed by atoms with Gasteiger partial charge in [0.25, 0.3) is 0 Å². The third kappa shape index (κ3) is 6.92. The second kappa shape index (κ2) is 10.2. The molecule has 2 N–H and O–H groups in total. The van der Waals surface area contributed by atoms with Crippen LogP contribution < -0.4 is 0 Å². The Hall–Kier alpha value is -1.18. The van der Waals surface area contributed by atoms with Gasteiger partial charge in [-0.05, 0) is 87.7 Å². The summed E-state index contributed by atoms with van der Waals surface area (Å²) in [6.07, 6.45) is 1.70. The summed E-state index contributed by atoms with van der Waals surface area (Å²) in [5.74, 6) is -1.70. The number of hydrogen-bond donors (Lipinski definition) is 2. The molecule has 0 amide bonds. The topological polar surface area (TPSA) is 90.3 Å². The van der Waals surface area contributed by atoms with Crippen LogP contribution in [0, 0.1) is 10.8 Å². The van der Waals surface area contributed by atoms with Gasteiger partial charge in [-0.25, -0.2) is 0 Å². The number of ether oxygens (including phenoxy) is 1. The van der Waals surface area contributed by atoms with Gasteiger partial charge in [0, 0.05) is 30.1 Å². The fourth-order valence-electron chi connectivity index (χ4n) is 6.04. The number of nitrogens with zero attached hydrogens (tertiary/aromatic N) is 2. The van der Waals surface area contributed by atoms with E-state index in [0.29, 0.717) is 6.42 Å². The number of aliphatic carboxylic acids is 2. The average molecular weight is 473 g/mol. The number of carboxylic acid groups (broad SMARTS) is 2. The second-order valence-corrected chi connectivity index (χ2v) is 12.9. The van der Waals surface area contributed by atoms with E-state index in [-0.39, 0.29) is 18.4 Å². The van der Waals surface area contributed by atoms with Crippen LogP contribution in [0.4, 0.5) is 0 Å². The first-order valence-corrected chi connectivity index (χ1v) is 11.9. The Morgan fingerprint density at radius 1 is 0.848 bits per heavy atom. The normalized spacial score (nSPS) is 17.7. The van der Waals surface area contributed by atoms with Gasteiger partial charge in [-0.15, -0.1) is 0 Å². The summed E-state index contributed by atoms with van der Waals surface area (Å²) >= 11 is 0. The van der Waals surface area contributed by atoms with E-state index >= 15 is 0 Å². The van der Waals surface area contributed by atoms with Crippen molar-refractivity contribution < 1.29 is 24.5 Å². The molecule has 0 heterocycles. The van der Waals surface area contributed by atoms with Crippen LogP contribution in [0.25, 0.3) is 0 Å². The van der Waals surface area contributed by atoms with E-state index in [1.807, 2.05) is 20.8 Å². The summed E-state index contributed by atoms with van der Waals surface area (Å²) in [7, 11) is 5.75. The lowest BCUT2D eigenvalue weighted by Crippen LogP contribution is -2.75. The Morgan fingerprint density at radius 2 is 1.30 bits per heavy atom. The maximum Gasteiger partial charge on any atom is 0.309 e. The lowest BCUT2D eigenvalue weighted by Gasteiger charge is -2.65. The summed E-state index contributed by atoms with van der Waals surface area (Å²) < 4.78 is 6.22. The Kier molecular flexibility index (Phi) is 9.84. The van der Waals surface area contributed by atoms with Crippen LogP contribution >= 0.6 is 0 Å². The fraction of sp³-hybridized carbons (Fsp3) is 0.923. The van der Waals surface area contributed by atoms with Crippen molar-refractivity contribution in [2.24, 2.45) is 10.8 Å². The molecule has 0 spiro atoms. The molecule has 0 bridgehead atoms. The van der Waals surface area contributed by atoms with Crippen molar-refractivity contribution in [1.82, 2.24) is 9.80 Å². The largest absolute Gasteiger partial charge is 0.481 e. The zero-order chi connectivity index (χ0) is 26.8. The minimum absolute atomic E-state index is 0.0501. The molecule has 2 unspecified atom stereocenters. The van der Waals surface area contributed by atoms with Gasteiger partial charge in [0.1, 0.15) is 5.72 Å². The van der Waals surface area contributed by atoms with Crippen molar-refractivity contribution >= 4 is 11.9 Å². The van der Waals surface area contributed by atoms with Crippen molar-refractivity contribution in [1.29, 1.82) is 0 Å². The van der Waals surface area contributed by atoms with Crippen LogP contribution in [0.5, 0.6) is 0 Å². The van der Waals surface area contributed by atoms with Gasteiger partial charge >= 0.3 is 11.9 Å². The lowest BCUT2D eigenvalue weighted by atomic mass is 9.68. The molecule has 2 atom stereocenters. The van der Waals surface area contributed by atoms with Crippen molar-refractivity contribution in [3.8, 4) is 0 Å². The predicted octanol–water partition coefficient (Wildman–Crippen LogP) is 5.33. The van der Waals surface area contributed by atoms with E-state index in [1.165, 1.54) is 0 Å². The van der Waals surface area contributed by atoms with Crippen molar-refractivity contribution in [3.05, 3.63) is 0 Å². The molecule has 0 aliphatic rings. The first-order valence-electron chi connectivity index (χ1n) is 11.9. The maximum absolute atomic E-state index is 12.1. The predicted molar refractivity (Wildman–Crippen MR) is 134 cm³/mol. The molecule has 0 radical (unpaired) electrons. The Balaban J connectivity index is 7.11.